The molecule has 7 nitrogen and oxygen atoms in total. The number of aryl methyl sites for hydroxylation is 2. The van der Waals surface area contributed by atoms with E-state index in [4.69, 9.17) is 14.2 Å². The van der Waals surface area contributed by atoms with E-state index in [1.54, 1.807) is 12.0 Å². The number of amides is 1. The third-order valence-corrected chi connectivity index (χ3v) is 8.59. The Morgan fingerprint density at radius 1 is 0.767 bits per heavy atom. The zero-order valence-corrected chi connectivity index (χ0v) is 29.1. The third kappa shape index (κ3) is 22.5. The van der Waals surface area contributed by atoms with Crippen molar-refractivity contribution >= 4 is 6.09 Å². The molecule has 1 rings (SSSR count). The van der Waals surface area contributed by atoms with E-state index in [-0.39, 0.29) is 12.7 Å². The fourth-order valence-corrected chi connectivity index (χ4v) is 5.42. The van der Waals surface area contributed by atoms with Crippen LogP contribution in [0.4, 0.5) is 4.79 Å². The summed E-state index contributed by atoms with van der Waals surface area (Å²) in [5.41, 5.74) is -0.627. The van der Waals surface area contributed by atoms with Crippen molar-refractivity contribution < 1.29 is 23.6 Å². The number of hydrogen-bond donors (Lipinski definition) is 0. The molecule has 252 valence electrons. The molecule has 0 spiro atoms. The van der Waals surface area contributed by atoms with Gasteiger partial charge in [-0.25, -0.2) is 13.9 Å². The summed E-state index contributed by atoms with van der Waals surface area (Å²) < 4.78 is 21.4. The molecule has 0 saturated carbocycles. The van der Waals surface area contributed by atoms with Crippen molar-refractivity contribution in [2.24, 2.45) is 7.05 Å². The van der Waals surface area contributed by atoms with Crippen LogP contribution in [0, 0.1) is 0 Å². The van der Waals surface area contributed by atoms with Gasteiger partial charge in [0.2, 0.25) is 6.33 Å². The molecule has 1 aromatic rings. The number of nitrogens with zero attached hydrogens (tertiary/aromatic N) is 3. The summed E-state index contributed by atoms with van der Waals surface area (Å²) in [6.07, 6.45) is 33.5. The number of methoxy groups -OCH3 is 1. The molecule has 0 N–H and O–H groups in total. The van der Waals surface area contributed by atoms with Gasteiger partial charge >= 0.3 is 6.09 Å². The van der Waals surface area contributed by atoms with Crippen molar-refractivity contribution in [3.05, 3.63) is 18.7 Å². The molecule has 0 aliphatic carbocycles. The van der Waals surface area contributed by atoms with Gasteiger partial charge in [0.05, 0.1) is 20.2 Å². The van der Waals surface area contributed by atoms with Gasteiger partial charge in [-0.1, -0.05) is 116 Å². The normalized spacial score (nSPS) is 12.9. The van der Waals surface area contributed by atoms with Crippen molar-refractivity contribution in [1.82, 2.24) is 9.47 Å². The molecule has 1 aromatic heterocycles. The van der Waals surface area contributed by atoms with Crippen LogP contribution in [0.5, 0.6) is 0 Å². The second kappa shape index (κ2) is 26.8. The zero-order chi connectivity index (χ0) is 31.4. The van der Waals surface area contributed by atoms with Crippen LogP contribution in [0.25, 0.3) is 0 Å². The molecule has 0 aliphatic rings. The van der Waals surface area contributed by atoms with Gasteiger partial charge in [-0.05, 0) is 32.6 Å². The quantitative estimate of drug-likeness (QED) is 0.0646. The van der Waals surface area contributed by atoms with E-state index in [0.29, 0.717) is 13.2 Å². The van der Waals surface area contributed by atoms with Crippen LogP contribution in [-0.2, 0) is 27.8 Å². The van der Waals surface area contributed by atoms with E-state index in [1.165, 1.54) is 122 Å². The predicted molar refractivity (Wildman–Crippen MR) is 178 cm³/mol. The van der Waals surface area contributed by atoms with E-state index in [0.717, 1.165) is 25.9 Å². The largest absolute Gasteiger partial charge is 0.446 e. The highest BCUT2D eigenvalue weighted by molar-refractivity contribution is 5.67. The Balaban J connectivity index is 1.94. The highest BCUT2D eigenvalue weighted by atomic mass is 16.6. The summed E-state index contributed by atoms with van der Waals surface area (Å²) in [6, 6.07) is 0. The van der Waals surface area contributed by atoms with Gasteiger partial charge in [-0.3, -0.25) is 0 Å². The third-order valence-electron chi connectivity index (χ3n) is 8.59. The van der Waals surface area contributed by atoms with Gasteiger partial charge in [0.25, 0.3) is 0 Å². The lowest BCUT2D eigenvalue weighted by molar-refractivity contribution is -0.671. The number of hydrogen-bond acceptors (Lipinski definition) is 4. The molecule has 1 atom stereocenters. The van der Waals surface area contributed by atoms with Crippen LogP contribution in [-0.4, -0.2) is 61.7 Å². The summed E-state index contributed by atoms with van der Waals surface area (Å²) >= 11 is 0. The van der Waals surface area contributed by atoms with E-state index in [1.807, 2.05) is 14.0 Å². The van der Waals surface area contributed by atoms with Gasteiger partial charge in [0, 0.05) is 27.3 Å². The Hall–Kier alpha value is -1.60. The van der Waals surface area contributed by atoms with Crippen LogP contribution in [0.3, 0.4) is 0 Å². The summed E-state index contributed by atoms with van der Waals surface area (Å²) in [5, 5.41) is 0. The minimum Gasteiger partial charge on any atom is -0.446 e. The Kier molecular flexibility index (Phi) is 24.5. The standard InChI is InChI=1S/C36H70N3O4/c1-6-7-8-9-10-11-12-13-14-15-16-17-18-19-21-24-27-38(4)35(40)43-33-36(2,41-5)32-42-31-26-23-20-22-25-28-39-30-29-37(3)34-39/h29-30,34H,6-28,31-33H2,1-5H3/q+1. The molecule has 0 bridgehead atoms. The fraction of sp³-hybridized carbons (Fsp3) is 0.889. The maximum absolute atomic E-state index is 12.5. The number of carbonyl (C=O) groups excluding carboxylic acids is 1. The average Bonchev–Trinajstić information content (AvgIpc) is 3.43. The van der Waals surface area contributed by atoms with E-state index in [2.05, 4.69) is 41.8 Å². The molecule has 0 fully saturated rings. The highest BCUT2D eigenvalue weighted by Crippen LogP contribution is 2.15. The van der Waals surface area contributed by atoms with Crippen LogP contribution >= 0.6 is 0 Å². The smallest absolute Gasteiger partial charge is 0.409 e. The van der Waals surface area contributed by atoms with Crippen molar-refractivity contribution in [1.29, 1.82) is 0 Å². The van der Waals surface area contributed by atoms with Crippen LogP contribution < -0.4 is 4.57 Å². The first-order valence-electron chi connectivity index (χ1n) is 17.9. The van der Waals surface area contributed by atoms with Crippen molar-refractivity contribution in [2.45, 2.75) is 161 Å². The van der Waals surface area contributed by atoms with E-state index in [9.17, 15) is 4.79 Å². The Morgan fingerprint density at radius 3 is 1.79 bits per heavy atom. The molecular formula is C36H70N3O4+. The monoisotopic (exact) mass is 609 g/mol. The summed E-state index contributed by atoms with van der Waals surface area (Å²) in [5.74, 6) is 0. The Bertz CT molecular complexity index is 771. The molecule has 7 heteroatoms. The molecule has 1 unspecified atom stereocenters. The van der Waals surface area contributed by atoms with Crippen molar-refractivity contribution in [3.8, 4) is 0 Å². The lowest BCUT2D eigenvalue weighted by atomic mass is 10.0. The van der Waals surface area contributed by atoms with Gasteiger partial charge < -0.3 is 19.1 Å². The summed E-state index contributed by atoms with van der Waals surface area (Å²) in [4.78, 5) is 14.2. The van der Waals surface area contributed by atoms with Gasteiger partial charge in [0.15, 0.2) is 0 Å². The van der Waals surface area contributed by atoms with Gasteiger partial charge in [0.1, 0.15) is 24.6 Å². The molecule has 1 amide bonds. The molecule has 0 radical (unpaired) electrons. The van der Waals surface area contributed by atoms with E-state index >= 15 is 0 Å². The molecular weight excluding hydrogens is 538 g/mol. The van der Waals surface area contributed by atoms with Crippen LogP contribution in [0.15, 0.2) is 18.7 Å². The maximum Gasteiger partial charge on any atom is 0.409 e. The molecule has 1 heterocycles. The lowest BCUT2D eigenvalue weighted by Gasteiger charge is -2.28. The predicted octanol–water partition coefficient (Wildman–Crippen LogP) is 9.01. The van der Waals surface area contributed by atoms with Crippen molar-refractivity contribution in [3.63, 3.8) is 0 Å². The molecule has 0 aromatic carbocycles. The minimum absolute atomic E-state index is 0.197. The van der Waals surface area contributed by atoms with Crippen molar-refractivity contribution in [2.75, 3.05) is 40.5 Å². The van der Waals surface area contributed by atoms with Crippen LogP contribution in [0.2, 0.25) is 0 Å². The molecule has 0 aliphatic heterocycles. The van der Waals surface area contributed by atoms with Gasteiger partial charge in [-0.2, -0.15) is 0 Å². The average molecular weight is 609 g/mol. The number of carbonyl (C=O) groups is 1. The summed E-state index contributed by atoms with van der Waals surface area (Å²) in [6.45, 7) is 7.37. The number of rotatable bonds is 30. The lowest BCUT2D eigenvalue weighted by Crippen LogP contribution is -2.41. The highest BCUT2D eigenvalue weighted by Gasteiger charge is 2.27. The van der Waals surface area contributed by atoms with E-state index < -0.39 is 5.60 Å². The first-order valence-corrected chi connectivity index (χ1v) is 17.9. The molecule has 43 heavy (non-hydrogen) atoms. The maximum atomic E-state index is 12.5. The Labute approximate surface area is 266 Å². The molecule has 0 saturated heterocycles. The second-order valence-electron chi connectivity index (χ2n) is 13.1. The first-order chi connectivity index (χ1) is 20.9. The Morgan fingerprint density at radius 2 is 1.28 bits per heavy atom. The summed E-state index contributed by atoms with van der Waals surface area (Å²) in [7, 11) is 5.53. The van der Waals surface area contributed by atoms with Crippen LogP contribution in [0.1, 0.15) is 149 Å². The number of imidazole rings is 1. The number of ether oxygens (including phenoxy) is 3. The van der Waals surface area contributed by atoms with Gasteiger partial charge in [-0.15, -0.1) is 0 Å². The zero-order valence-electron chi connectivity index (χ0n) is 29.1. The first kappa shape index (κ1) is 39.4. The SMILES string of the molecule is CCCCCCCCCCCCCCCCCCN(C)C(=O)OCC(C)(COCCCCCCCn1cc[n+](C)c1)OC. The number of unbranched alkanes of at least 4 members (excludes halogenated alkanes) is 19. The topological polar surface area (TPSA) is 56.8 Å². The fourth-order valence-electron chi connectivity index (χ4n) is 5.42. The minimum atomic E-state index is -0.627. The number of aromatic nitrogens is 2. The second-order valence-corrected chi connectivity index (χ2v) is 13.1.